The second-order valence-corrected chi connectivity index (χ2v) is 39.5. The van der Waals surface area contributed by atoms with Crippen LogP contribution in [0.1, 0.15) is 106 Å². The molecular weight excluding hydrogens is 1860 g/mol. The highest BCUT2D eigenvalue weighted by molar-refractivity contribution is 7.90. The number of likely N-dealkylation sites (N-methyl/N-ethyl adjacent to an activating group) is 3. The van der Waals surface area contributed by atoms with Crippen LogP contribution in [0.15, 0.2) is 124 Å². The number of ether oxygens (including phenoxy) is 9. The summed E-state index contributed by atoms with van der Waals surface area (Å²) in [6, 6.07) is 30.1. The summed E-state index contributed by atoms with van der Waals surface area (Å²) in [5, 5.41) is 47.2. The number of nitrogens with one attached hydrogen (secondary N) is 8. The minimum atomic E-state index is -3.89. The van der Waals surface area contributed by atoms with Gasteiger partial charge in [0.2, 0.25) is 47.8 Å². The van der Waals surface area contributed by atoms with Gasteiger partial charge in [-0.15, -0.1) is 0 Å². The number of rotatable bonds is 59. The average molecular weight is 1980 g/mol. The Morgan fingerprint density at radius 1 is 0.357 bits per heavy atom. The van der Waals surface area contributed by atoms with Crippen LogP contribution in [-0.4, -0.2) is 309 Å². The fourth-order valence-electron chi connectivity index (χ4n) is 15.2. The van der Waals surface area contributed by atoms with Crippen molar-refractivity contribution in [2.24, 2.45) is 0 Å². The zero-order valence-corrected chi connectivity index (χ0v) is 79.6. The Kier molecular flexibility index (Phi) is 44.5. The van der Waals surface area contributed by atoms with Gasteiger partial charge in [0.25, 0.3) is 0 Å². The molecule has 6 aromatic rings. The quantitative estimate of drug-likeness (QED) is 0.0169. The van der Waals surface area contributed by atoms with Crippen molar-refractivity contribution in [2.45, 2.75) is 102 Å². The van der Waals surface area contributed by atoms with Crippen LogP contribution in [0.25, 0.3) is 0 Å². The Hall–Kier alpha value is -6.13. The van der Waals surface area contributed by atoms with Gasteiger partial charge in [0.1, 0.15) is 5.54 Å². The number of nitrogens with zero attached hydrogens (tertiary/aromatic N) is 3. The summed E-state index contributed by atoms with van der Waals surface area (Å²) >= 11 is 38.9. The largest absolute Gasteiger partial charge is 0.394 e. The predicted octanol–water partition coefficient (Wildman–Crippen LogP) is 7.17. The minimum absolute atomic E-state index is 0.00759. The van der Waals surface area contributed by atoms with E-state index in [1.165, 1.54) is 18.2 Å². The number of halogens is 6. The van der Waals surface area contributed by atoms with E-state index in [1.807, 2.05) is 57.5 Å². The van der Waals surface area contributed by atoms with Crippen molar-refractivity contribution in [3.63, 3.8) is 0 Å². The molecule has 42 heteroatoms. The van der Waals surface area contributed by atoms with Gasteiger partial charge in [0.05, 0.1) is 153 Å². The molecule has 0 aliphatic carbocycles. The number of aliphatic hydroxyl groups excluding tert-OH is 3. The van der Waals surface area contributed by atoms with Gasteiger partial charge in [-0.05, 0) is 163 Å². The van der Waals surface area contributed by atoms with E-state index in [1.54, 1.807) is 54.6 Å². The van der Waals surface area contributed by atoms with Gasteiger partial charge < -0.3 is 99.2 Å². The number of amides is 5. The van der Waals surface area contributed by atoms with E-state index in [0.717, 1.165) is 50.1 Å². The monoisotopic (exact) mass is 1980 g/mol. The molecular formula is C87H119Cl6N11O22S3. The number of hydrogen-bond acceptors (Lipinski definition) is 25. The summed E-state index contributed by atoms with van der Waals surface area (Å²) in [6.45, 7) is 3.90. The third-order valence-electron chi connectivity index (χ3n) is 21.9. The number of benzene rings is 6. The van der Waals surface area contributed by atoms with E-state index in [4.69, 9.17) is 112 Å². The smallest absolute Gasteiger partial charge is 0.315 e. The fourth-order valence-corrected chi connectivity index (χ4v) is 20.1. The van der Waals surface area contributed by atoms with Crippen molar-refractivity contribution in [1.82, 2.24) is 55.4 Å². The molecule has 714 valence electrons. The van der Waals surface area contributed by atoms with Crippen LogP contribution in [0.5, 0.6) is 0 Å². The first-order valence-electron chi connectivity index (χ1n) is 42.6. The standard InChI is InChI=1S/C87H119Cl6N11O22S3/c1-102-52-73(70-46-64(88)49-79(91)76(70)55-102)61-7-4-10-67(43-61)127(112,113)97-22-28-121-34-40-124-37-31-118-25-19-94-82(108)13-16-86(100-85(111)101-87(58-105,59-106)60-107,17-14-83(109)95-20-26-119-32-38-125-41-35-122-29-23-98-128(114,115)68-11-5-8-62(44-68)74-53-103(2)56-77-71(74)47-65(89)50-80(77)92)18-15-84(110)96-21-27-120-33-39-126-42-36-123-30-24-99-129(116,117)69-12-6-9-63(45-69)75-54-104(3)57-78-72(75)48-66(90)51-81(78)93/h4-12,43-51,73-75,97-99,105-107H,13-42,52-60H2,1-3H3,(H,94,108)(H,95,109)(H,96,110)(H2,100,101,111)/t73-,74-,75-/m0/s1. The zero-order chi connectivity index (χ0) is 93.0. The van der Waals surface area contributed by atoms with Gasteiger partial charge in [0.15, 0.2) is 0 Å². The van der Waals surface area contributed by atoms with E-state index in [2.05, 4.69) is 55.4 Å². The number of carbonyl (C=O) groups excluding carboxylic acids is 4. The Bertz CT molecular complexity index is 4520. The van der Waals surface area contributed by atoms with Crippen molar-refractivity contribution >= 4 is 123 Å². The normalized spacial score (nSPS) is 15.9. The van der Waals surface area contributed by atoms with Gasteiger partial charge in [-0.3, -0.25) is 14.4 Å². The molecule has 3 aliphatic heterocycles. The zero-order valence-electron chi connectivity index (χ0n) is 72.6. The average Bonchev–Trinajstić information content (AvgIpc) is 0.779. The van der Waals surface area contributed by atoms with E-state index in [0.29, 0.717) is 69.4 Å². The van der Waals surface area contributed by atoms with E-state index in [-0.39, 0.29) is 229 Å². The summed E-state index contributed by atoms with van der Waals surface area (Å²) in [5.41, 5.74) is 4.76. The highest BCUT2D eigenvalue weighted by Gasteiger charge is 2.39. The molecule has 0 aromatic heterocycles. The molecule has 129 heavy (non-hydrogen) atoms. The molecule has 0 unspecified atom stereocenters. The minimum Gasteiger partial charge on any atom is -0.394 e. The van der Waals surface area contributed by atoms with Gasteiger partial charge in [-0.1, -0.05) is 106 Å². The van der Waals surface area contributed by atoms with Crippen LogP contribution in [0, 0.1) is 0 Å². The summed E-state index contributed by atoms with van der Waals surface area (Å²) in [6.07, 6.45) is -1.12. The summed E-state index contributed by atoms with van der Waals surface area (Å²) in [5.74, 6) is -1.88. The molecule has 3 heterocycles. The molecule has 5 amide bonds. The number of aliphatic hydroxyl groups is 3. The van der Waals surface area contributed by atoms with Crippen molar-refractivity contribution in [1.29, 1.82) is 0 Å². The molecule has 33 nitrogen and oxygen atoms in total. The molecule has 0 saturated carbocycles. The molecule has 11 N–H and O–H groups in total. The van der Waals surface area contributed by atoms with Gasteiger partial charge >= 0.3 is 6.03 Å². The Morgan fingerprint density at radius 3 is 0.868 bits per heavy atom. The van der Waals surface area contributed by atoms with Gasteiger partial charge in [0, 0.05) is 151 Å². The topological polar surface area (TPSA) is 420 Å². The van der Waals surface area contributed by atoms with Crippen LogP contribution in [0.3, 0.4) is 0 Å². The lowest BCUT2D eigenvalue weighted by Crippen LogP contribution is -2.63. The first-order chi connectivity index (χ1) is 61.8. The second-order valence-electron chi connectivity index (χ2n) is 31.7. The first kappa shape index (κ1) is 107. The van der Waals surface area contributed by atoms with Crippen LogP contribution in [0.2, 0.25) is 30.1 Å². The number of fused-ring (bicyclic) bond motifs is 3. The number of hydrogen-bond donors (Lipinski definition) is 11. The lowest BCUT2D eigenvalue weighted by atomic mass is 9.83. The van der Waals surface area contributed by atoms with E-state index >= 15 is 0 Å². The molecule has 0 saturated heterocycles. The molecule has 0 fully saturated rings. The highest BCUT2D eigenvalue weighted by Crippen LogP contribution is 2.43. The van der Waals surface area contributed by atoms with E-state index < -0.39 is 84.7 Å². The highest BCUT2D eigenvalue weighted by atomic mass is 35.5. The van der Waals surface area contributed by atoms with Gasteiger partial charge in [-0.2, -0.15) is 0 Å². The van der Waals surface area contributed by atoms with Gasteiger partial charge in [-0.25, -0.2) is 44.2 Å². The molecule has 0 bridgehead atoms. The molecule has 9 rings (SSSR count). The lowest BCUT2D eigenvalue weighted by molar-refractivity contribution is -0.121. The molecule has 3 aliphatic rings. The SMILES string of the molecule is CN1Cc2c(Cl)cc(Cl)cc2[C@H](c2cccc(S(=O)(=O)NCCOCCOCCOCCNC(=O)CCC(CCC(=O)NCCOCCOCCOCCNS(=O)(=O)c3cccc([C@@H]4CN(C)Cc5c(Cl)cc(Cl)cc54)c3)(CCC(=O)NCCOCCOCCOCCNS(=O)(=O)c3cccc([C@@H]4CN(C)Cc5c(Cl)cc(Cl)cc54)c3)NC(=O)NC(CO)(CO)CO)c2)C1. The molecule has 3 atom stereocenters. The number of carbonyl (C=O) groups is 4. The van der Waals surface area contributed by atoms with Crippen molar-refractivity contribution in [3.05, 3.63) is 189 Å². The maximum atomic E-state index is 13.9. The van der Waals surface area contributed by atoms with Crippen molar-refractivity contribution in [3.8, 4) is 0 Å². The number of sulfonamides is 3. The molecule has 0 spiro atoms. The summed E-state index contributed by atoms with van der Waals surface area (Å²) in [7, 11) is -5.74. The fraction of sp³-hybridized carbons (Fsp3) is 0.540. The van der Waals surface area contributed by atoms with Crippen LogP contribution < -0.4 is 40.8 Å². The Morgan fingerprint density at radius 2 is 0.605 bits per heavy atom. The third kappa shape index (κ3) is 34.3. The Balaban J connectivity index is 0.681. The van der Waals surface area contributed by atoms with Crippen LogP contribution >= 0.6 is 69.6 Å². The molecule has 6 aromatic carbocycles. The second kappa shape index (κ2) is 53.8. The summed E-state index contributed by atoms with van der Waals surface area (Å²) < 4.78 is 139. The number of urea groups is 1. The van der Waals surface area contributed by atoms with E-state index in [9.17, 15) is 59.8 Å². The third-order valence-corrected chi connectivity index (χ3v) is 27.9. The van der Waals surface area contributed by atoms with Crippen LogP contribution in [0.4, 0.5) is 4.79 Å². The molecule has 0 radical (unpaired) electrons. The van der Waals surface area contributed by atoms with Crippen LogP contribution in [-0.2, 0) is 107 Å². The van der Waals surface area contributed by atoms with Crippen molar-refractivity contribution < 1.29 is 102 Å². The predicted molar refractivity (Wildman–Crippen MR) is 491 cm³/mol. The summed E-state index contributed by atoms with van der Waals surface area (Å²) in [4.78, 5) is 61.5. The maximum Gasteiger partial charge on any atom is 0.315 e. The first-order valence-corrected chi connectivity index (χ1v) is 49.3. The van der Waals surface area contributed by atoms with Crippen molar-refractivity contribution in [2.75, 3.05) is 219 Å². The Labute approximate surface area is 785 Å². The lowest BCUT2D eigenvalue weighted by Gasteiger charge is -2.37. The maximum absolute atomic E-state index is 13.9.